The summed E-state index contributed by atoms with van der Waals surface area (Å²) in [5.74, 6) is 0. The Morgan fingerprint density at radius 2 is 1.00 bits per heavy atom. The van der Waals surface area contributed by atoms with Crippen LogP contribution in [0.4, 0.5) is 17.1 Å². The van der Waals surface area contributed by atoms with E-state index in [4.69, 9.17) is 0 Å². The van der Waals surface area contributed by atoms with Crippen LogP contribution in [0.15, 0.2) is 146 Å². The van der Waals surface area contributed by atoms with Crippen molar-refractivity contribution in [2.45, 2.75) is 20.8 Å². The Morgan fingerprint density at radius 3 is 1.77 bits per heavy atom. The minimum absolute atomic E-state index is 1.14. The van der Waals surface area contributed by atoms with Crippen LogP contribution < -0.4 is 4.90 Å². The van der Waals surface area contributed by atoms with Gasteiger partial charge in [-0.25, -0.2) is 0 Å². The zero-order valence-electron chi connectivity index (χ0n) is 25.3. The van der Waals surface area contributed by atoms with Gasteiger partial charge in [-0.05, 0) is 111 Å². The third kappa shape index (κ3) is 4.08. The molecule has 0 atom stereocenters. The first kappa shape index (κ1) is 26.2. The van der Waals surface area contributed by atoms with E-state index in [-0.39, 0.29) is 0 Å². The summed E-state index contributed by atoms with van der Waals surface area (Å²) in [6.45, 7) is 6.76. The van der Waals surface area contributed by atoms with Crippen LogP contribution in [-0.2, 0) is 0 Å². The van der Waals surface area contributed by atoms with E-state index in [0.29, 0.717) is 0 Å². The van der Waals surface area contributed by atoms with Gasteiger partial charge in [0, 0.05) is 16.8 Å². The van der Waals surface area contributed by atoms with Gasteiger partial charge in [0.1, 0.15) is 0 Å². The quantitative estimate of drug-likeness (QED) is 0.193. The highest BCUT2D eigenvalue weighted by Crippen LogP contribution is 2.47. The fourth-order valence-electron chi connectivity index (χ4n) is 7.15. The molecule has 8 aromatic carbocycles. The van der Waals surface area contributed by atoms with Gasteiger partial charge in [-0.1, -0.05) is 121 Å². The molecule has 210 valence electrons. The third-order valence-electron chi connectivity index (χ3n) is 9.35. The molecule has 0 fully saturated rings. The van der Waals surface area contributed by atoms with Crippen molar-refractivity contribution < 1.29 is 0 Å². The number of aryl methyl sites for hydroxylation is 3. The summed E-state index contributed by atoms with van der Waals surface area (Å²) in [6.07, 6.45) is 0. The molecule has 0 N–H and O–H groups in total. The van der Waals surface area contributed by atoms with Gasteiger partial charge >= 0.3 is 0 Å². The van der Waals surface area contributed by atoms with Gasteiger partial charge in [0.15, 0.2) is 0 Å². The third-order valence-corrected chi connectivity index (χ3v) is 9.35. The van der Waals surface area contributed by atoms with Crippen molar-refractivity contribution in [3.05, 3.63) is 162 Å². The number of nitrogens with zero attached hydrogens (tertiary/aromatic N) is 1. The van der Waals surface area contributed by atoms with E-state index in [1.807, 2.05) is 0 Å². The number of para-hydroxylation sites is 1. The molecule has 1 heteroatoms. The number of hydrogen-bond acceptors (Lipinski definition) is 1. The number of anilines is 3. The molecular formula is C43H33N. The highest BCUT2D eigenvalue weighted by Gasteiger charge is 2.22. The largest absolute Gasteiger partial charge is 0.310 e. The molecule has 0 saturated carbocycles. The van der Waals surface area contributed by atoms with E-state index >= 15 is 0 Å². The van der Waals surface area contributed by atoms with Gasteiger partial charge in [0.2, 0.25) is 0 Å². The van der Waals surface area contributed by atoms with Crippen molar-refractivity contribution in [3.8, 4) is 11.1 Å². The lowest BCUT2D eigenvalue weighted by Gasteiger charge is -2.30. The van der Waals surface area contributed by atoms with Crippen molar-refractivity contribution in [3.63, 3.8) is 0 Å². The summed E-state index contributed by atoms with van der Waals surface area (Å²) in [5, 5.41) is 10.3. The molecular weight excluding hydrogens is 530 g/mol. The molecule has 0 aliphatic heterocycles. The van der Waals surface area contributed by atoms with Crippen LogP contribution in [0.25, 0.3) is 54.2 Å². The van der Waals surface area contributed by atoms with Gasteiger partial charge in [0.05, 0.1) is 5.69 Å². The molecule has 44 heavy (non-hydrogen) atoms. The molecule has 0 spiro atoms. The summed E-state index contributed by atoms with van der Waals surface area (Å²) in [5.41, 5.74) is 9.92. The molecule has 8 rings (SSSR count). The zero-order chi connectivity index (χ0) is 29.8. The van der Waals surface area contributed by atoms with Crippen LogP contribution >= 0.6 is 0 Å². The van der Waals surface area contributed by atoms with Gasteiger partial charge in [-0.3, -0.25) is 0 Å². The Balaban J connectivity index is 1.46. The molecule has 0 bridgehead atoms. The summed E-state index contributed by atoms with van der Waals surface area (Å²) < 4.78 is 0. The number of fused-ring (bicyclic) bond motifs is 6. The first-order valence-corrected chi connectivity index (χ1v) is 15.4. The second-order valence-corrected chi connectivity index (χ2v) is 11.9. The normalized spacial score (nSPS) is 11.5. The standard InChI is InChI=1S/C43H33N/c1-28-21-24-34(27-41(28)37-25-22-31-13-7-9-17-35(31)29(37)2)44(33-15-5-4-6-16-33)43-30(3)36-18-11-12-20-39(36)42-38-19-10-8-14-32(38)23-26-40(42)43/h4-27H,1-3H3. The Bertz CT molecular complexity index is 2360. The van der Waals surface area contributed by atoms with Crippen LogP contribution in [0.1, 0.15) is 16.7 Å². The fourth-order valence-corrected chi connectivity index (χ4v) is 7.15. The second-order valence-electron chi connectivity index (χ2n) is 11.9. The highest BCUT2D eigenvalue weighted by molar-refractivity contribution is 6.25. The van der Waals surface area contributed by atoms with Crippen molar-refractivity contribution in [1.29, 1.82) is 0 Å². The Labute approximate surface area is 258 Å². The molecule has 0 aliphatic carbocycles. The van der Waals surface area contributed by atoms with Gasteiger partial charge < -0.3 is 4.90 Å². The maximum absolute atomic E-state index is 2.47. The lowest BCUT2D eigenvalue weighted by molar-refractivity contribution is 1.27. The van der Waals surface area contributed by atoms with Crippen LogP contribution in [-0.4, -0.2) is 0 Å². The molecule has 0 unspecified atom stereocenters. The summed E-state index contributed by atoms with van der Waals surface area (Å²) in [7, 11) is 0. The first-order chi connectivity index (χ1) is 21.6. The SMILES string of the molecule is Cc1ccc(N(c2ccccc2)c2c(C)c3ccccc3c3c2ccc2ccccc23)cc1-c1ccc2ccccc2c1C. The molecule has 0 aromatic heterocycles. The number of benzene rings is 8. The number of rotatable bonds is 4. The summed E-state index contributed by atoms with van der Waals surface area (Å²) in [6, 6.07) is 53.3. The van der Waals surface area contributed by atoms with E-state index in [1.165, 1.54) is 76.6 Å². The summed E-state index contributed by atoms with van der Waals surface area (Å²) >= 11 is 0. The van der Waals surface area contributed by atoms with E-state index in [1.54, 1.807) is 0 Å². The monoisotopic (exact) mass is 563 g/mol. The van der Waals surface area contributed by atoms with Crippen LogP contribution in [0.3, 0.4) is 0 Å². The average Bonchev–Trinajstić information content (AvgIpc) is 3.07. The molecule has 0 aliphatic rings. The highest BCUT2D eigenvalue weighted by atomic mass is 15.1. The molecule has 0 saturated heterocycles. The van der Waals surface area contributed by atoms with E-state index < -0.39 is 0 Å². The molecule has 0 radical (unpaired) electrons. The maximum Gasteiger partial charge on any atom is 0.0575 e. The topological polar surface area (TPSA) is 3.24 Å². The average molecular weight is 564 g/mol. The number of hydrogen-bond donors (Lipinski definition) is 0. The fraction of sp³-hybridized carbons (Fsp3) is 0.0698. The van der Waals surface area contributed by atoms with E-state index in [2.05, 4.69) is 171 Å². The first-order valence-electron chi connectivity index (χ1n) is 15.4. The van der Waals surface area contributed by atoms with Crippen LogP contribution in [0, 0.1) is 20.8 Å². The Kier molecular flexibility index (Phi) is 6.20. The summed E-state index contributed by atoms with van der Waals surface area (Å²) in [4.78, 5) is 2.47. The molecule has 0 amide bonds. The van der Waals surface area contributed by atoms with Crippen molar-refractivity contribution in [1.82, 2.24) is 0 Å². The van der Waals surface area contributed by atoms with Gasteiger partial charge in [-0.15, -0.1) is 0 Å². The lowest BCUT2D eigenvalue weighted by atomic mass is 9.90. The van der Waals surface area contributed by atoms with Crippen molar-refractivity contribution >= 4 is 60.2 Å². The smallest absolute Gasteiger partial charge is 0.0575 e. The van der Waals surface area contributed by atoms with Crippen LogP contribution in [0.5, 0.6) is 0 Å². The predicted molar refractivity (Wildman–Crippen MR) is 191 cm³/mol. The van der Waals surface area contributed by atoms with E-state index in [9.17, 15) is 0 Å². The van der Waals surface area contributed by atoms with Crippen LogP contribution in [0.2, 0.25) is 0 Å². The predicted octanol–water partition coefficient (Wildman–Crippen LogP) is 12.4. The molecule has 8 aromatic rings. The minimum atomic E-state index is 1.14. The zero-order valence-corrected chi connectivity index (χ0v) is 25.3. The maximum atomic E-state index is 2.47. The minimum Gasteiger partial charge on any atom is -0.310 e. The van der Waals surface area contributed by atoms with E-state index in [0.717, 1.165) is 11.4 Å². The Hall–Kier alpha value is -5.40. The Morgan fingerprint density at radius 1 is 0.386 bits per heavy atom. The molecule has 1 nitrogen and oxygen atoms in total. The lowest BCUT2D eigenvalue weighted by Crippen LogP contribution is -2.12. The molecule has 0 heterocycles. The van der Waals surface area contributed by atoms with Gasteiger partial charge in [-0.2, -0.15) is 0 Å². The van der Waals surface area contributed by atoms with Crippen molar-refractivity contribution in [2.24, 2.45) is 0 Å². The van der Waals surface area contributed by atoms with Crippen molar-refractivity contribution in [2.75, 3.05) is 4.90 Å². The van der Waals surface area contributed by atoms with Gasteiger partial charge in [0.25, 0.3) is 0 Å². The second kappa shape index (κ2) is 10.4.